The molecule has 0 saturated heterocycles. The van der Waals surface area contributed by atoms with Crippen LogP contribution in [0.2, 0.25) is 0 Å². The van der Waals surface area contributed by atoms with Crippen molar-refractivity contribution in [2.24, 2.45) is 0 Å². The Kier molecular flexibility index (Phi) is 5.79. The van der Waals surface area contributed by atoms with Crippen LogP contribution in [0.5, 0.6) is 0 Å². The third kappa shape index (κ3) is 4.79. The van der Waals surface area contributed by atoms with Gasteiger partial charge in [-0.3, -0.25) is 9.10 Å². The van der Waals surface area contributed by atoms with Gasteiger partial charge in [-0.25, -0.2) is 12.8 Å². The van der Waals surface area contributed by atoms with Crippen LogP contribution in [0.4, 0.5) is 15.8 Å². The molecule has 0 aromatic heterocycles. The molecule has 0 bridgehead atoms. The highest BCUT2D eigenvalue weighted by Gasteiger charge is 2.21. The van der Waals surface area contributed by atoms with Crippen molar-refractivity contribution < 1.29 is 17.6 Å². The molecule has 1 N–H and O–H groups in total. The van der Waals surface area contributed by atoms with Gasteiger partial charge in [-0.2, -0.15) is 0 Å². The number of para-hydroxylation sites is 2. The SMILES string of the molecule is Cc1cccc(C)c1NC(=O)CCN(c1ccccc1F)S(C)(=O)=O. The van der Waals surface area contributed by atoms with E-state index in [2.05, 4.69) is 5.32 Å². The normalized spacial score (nSPS) is 11.2. The Morgan fingerprint density at radius 2 is 1.68 bits per heavy atom. The fourth-order valence-electron chi connectivity index (χ4n) is 2.54. The fraction of sp³-hybridized carbons (Fsp3) is 0.278. The third-order valence-corrected chi connectivity index (χ3v) is 4.99. The number of sulfonamides is 1. The van der Waals surface area contributed by atoms with Gasteiger partial charge in [-0.05, 0) is 37.1 Å². The van der Waals surface area contributed by atoms with E-state index < -0.39 is 15.8 Å². The van der Waals surface area contributed by atoms with E-state index in [4.69, 9.17) is 0 Å². The standard InChI is InChI=1S/C18H21FN2O3S/c1-13-7-6-8-14(2)18(13)20-17(22)11-12-21(25(3,23)24)16-10-5-4-9-15(16)19/h4-10H,11-12H2,1-3H3,(H,20,22). The maximum absolute atomic E-state index is 13.9. The number of amides is 1. The zero-order valence-electron chi connectivity index (χ0n) is 14.4. The van der Waals surface area contributed by atoms with Crippen molar-refractivity contribution in [3.8, 4) is 0 Å². The van der Waals surface area contributed by atoms with Gasteiger partial charge < -0.3 is 5.32 Å². The van der Waals surface area contributed by atoms with Gasteiger partial charge in [0.15, 0.2) is 0 Å². The van der Waals surface area contributed by atoms with Gasteiger partial charge in [0, 0.05) is 18.7 Å². The van der Waals surface area contributed by atoms with E-state index in [0.29, 0.717) is 5.69 Å². The van der Waals surface area contributed by atoms with Gasteiger partial charge in [-0.15, -0.1) is 0 Å². The molecule has 0 aliphatic rings. The summed E-state index contributed by atoms with van der Waals surface area (Å²) in [7, 11) is -3.71. The van der Waals surface area contributed by atoms with Gasteiger partial charge >= 0.3 is 0 Å². The molecule has 0 heterocycles. The van der Waals surface area contributed by atoms with Crippen molar-refractivity contribution in [3.05, 3.63) is 59.4 Å². The van der Waals surface area contributed by atoms with Crippen LogP contribution < -0.4 is 9.62 Å². The summed E-state index contributed by atoms with van der Waals surface area (Å²) in [5.41, 5.74) is 2.49. The second-order valence-electron chi connectivity index (χ2n) is 5.85. The average Bonchev–Trinajstić information content (AvgIpc) is 2.52. The molecule has 0 radical (unpaired) electrons. The number of aryl methyl sites for hydroxylation is 2. The van der Waals surface area contributed by atoms with Crippen molar-refractivity contribution in [1.82, 2.24) is 0 Å². The molecule has 2 aromatic rings. The lowest BCUT2D eigenvalue weighted by Gasteiger charge is -2.22. The second kappa shape index (κ2) is 7.65. The lowest BCUT2D eigenvalue weighted by Crippen LogP contribution is -2.33. The van der Waals surface area contributed by atoms with Crippen LogP contribution in [0, 0.1) is 19.7 Å². The van der Waals surface area contributed by atoms with Crippen LogP contribution >= 0.6 is 0 Å². The van der Waals surface area contributed by atoms with E-state index in [1.165, 1.54) is 18.2 Å². The number of anilines is 2. The summed E-state index contributed by atoms with van der Waals surface area (Å²) in [4.78, 5) is 12.2. The van der Waals surface area contributed by atoms with Crippen LogP contribution in [0.1, 0.15) is 17.5 Å². The predicted molar refractivity (Wildman–Crippen MR) is 97.8 cm³/mol. The van der Waals surface area contributed by atoms with E-state index >= 15 is 0 Å². The highest BCUT2D eigenvalue weighted by Crippen LogP contribution is 2.22. The number of carbonyl (C=O) groups excluding carboxylic acids is 1. The van der Waals surface area contributed by atoms with Gasteiger partial charge in [-0.1, -0.05) is 30.3 Å². The van der Waals surface area contributed by atoms with Gasteiger partial charge in [0.1, 0.15) is 5.82 Å². The summed E-state index contributed by atoms with van der Waals surface area (Å²) in [5, 5.41) is 2.80. The summed E-state index contributed by atoms with van der Waals surface area (Å²) in [6.07, 6.45) is 0.901. The monoisotopic (exact) mass is 364 g/mol. The molecule has 0 saturated carbocycles. The van der Waals surface area contributed by atoms with Crippen LogP contribution in [0.3, 0.4) is 0 Å². The molecule has 25 heavy (non-hydrogen) atoms. The summed E-state index contributed by atoms with van der Waals surface area (Å²) in [6.45, 7) is 3.62. The molecular weight excluding hydrogens is 343 g/mol. The van der Waals surface area contributed by atoms with Crippen LogP contribution in [-0.2, 0) is 14.8 Å². The van der Waals surface area contributed by atoms with Gasteiger partial charge in [0.2, 0.25) is 15.9 Å². The number of benzene rings is 2. The van der Waals surface area contributed by atoms with Crippen LogP contribution in [-0.4, -0.2) is 27.1 Å². The first-order valence-electron chi connectivity index (χ1n) is 7.78. The van der Waals surface area contributed by atoms with E-state index in [1.807, 2.05) is 32.0 Å². The zero-order valence-corrected chi connectivity index (χ0v) is 15.2. The molecule has 134 valence electrons. The topological polar surface area (TPSA) is 66.5 Å². The quantitative estimate of drug-likeness (QED) is 0.856. The smallest absolute Gasteiger partial charge is 0.232 e. The summed E-state index contributed by atoms with van der Waals surface area (Å²) in [6, 6.07) is 11.2. The first kappa shape index (κ1) is 18.9. The van der Waals surface area contributed by atoms with Crippen molar-refractivity contribution in [1.29, 1.82) is 0 Å². The molecule has 0 atom stereocenters. The molecule has 2 rings (SSSR count). The number of rotatable bonds is 6. The number of hydrogen-bond acceptors (Lipinski definition) is 3. The third-order valence-electron chi connectivity index (χ3n) is 3.81. The zero-order chi connectivity index (χ0) is 18.6. The summed E-state index contributed by atoms with van der Waals surface area (Å²) >= 11 is 0. The second-order valence-corrected chi connectivity index (χ2v) is 7.76. The maximum Gasteiger partial charge on any atom is 0.232 e. The lowest BCUT2D eigenvalue weighted by atomic mass is 10.1. The van der Waals surface area contributed by atoms with E-state index in [-0.39, 0.29) is 24.6 Å². The Morgan fingerprint density at radius 1 is 1.08 bits per heavy atom. The molecule has 5 nitrogen and oxygen atoms in total. The minimum Gasteiger partial charge on any atom is -0.326 e. The lowest BCUT2D eigenvalue weighted by molar-refractivity contribution is -0.116. The van der Waals surface area contributed by atoms with Crippen molar-refractivity contribution in [3.63, 3.8) is 0 Å². The number of nitrogens with zero attached hydrogens (tertiary/aromatic N) is 1. The predicted octanol–water partition coefficient (Wildman–Crippen LogP) is 3.24. The minimum absolute atomic E-state index is 0.0649. The van der Waals surface area contributed by atoms with Crippen LogP contribution in [0.25, 0.3) is 0 Å². The molecule has 0 fully saturated rings. The Hall–Kier alpha value is -2.41. The molecule has 0 aliphatic heterocycles. The average molecular weight is 364 g/mol. The fourth-order valence-corrected chi connectivity index (χ4v) is 3.46. The Bertz CT molecular complexity index is 861. The molecule has 2 aromatic carbocycles. The number of carbonyl (C=O) groups is 1. The van der Waals surface area contributed by atoms with E-state index in [9.17, 15) is 17.6 Å². The number of hydrogen-bond donors (Lipinski definition) is 1. The van der Waals surface area contributed by atoms with Gasteiger partial charge in [0.25, 0.3) is 0 Å². The molecular formula is C18H21FN2O3S. The Morgan fingerprint density at radius 3 is 2.24 bits per heavy atom. The maximum atomic E-state index is 13.9. The van der Waals surface area contributed by atoms with Crippen molar-refractivity contribution >= 4 is 27.3 Å². The molecule has 0 aliphatic carbocycles. The van der Waals surface area contributed by atoms with Crippen molar-refractivity contribution in [2.45, 2.75) is 20.3 Å². The van der Waals surface area contributed by atoms with E-state index in [1.54, 1.807) is 6.07 Å². The molecule has 1 amide bonds. The summed E-state index contributed by atoms with van der Waals surface area (Å²) < 4.78 is 38.8. The molecule has 7 heteroatoms. The van der Waals surface area contributed by atoms with Crippen molar-refractivity contribution in [2.75, 3.05) is 22.4 Å². The van der Waals surface area contributed by atoms with Gasteiger partial charge in [0.05, 0.1) is 11.9 Å². The minimum atomic E-state index is -3.71. The molecule has 0 spiro atoms. The van der Waals surface area contributed by atoms with Crippen LogP contribution in [0.15, 0.2) is 42.5 Å². The first-order valence-corrected chi connectivity index (χ1v) is 9.63. The Balaban J connectivity index is 2.14. The number of nitrogens with one attached hydrogen (secondary N) is 1. The highest BCUT2D eigenvalue weighted by molar-refractivity contribution is 7.92. The first-order chi connectivity index (χ1) is 11.7. The highest BCUT2D eigenvalue weighted by atomic mass is 32.2. The largest absolute Gasteiger partial charge is 0.326 e. The van der Waals surface area contributed by atoms with E-state index in [0.717, 1.165) is 21.7 Å². The molecule has 0 unspecified atom stereocenters. The summed E-state index contributed by atoms with van der Waals surface area (Å²) in [5.74, 6) is -0.981. The number of halogens is 1. The Labute approximate surface area is 147 Å².